The molecule has 0 saturated heterocycles. The van der Waals surface area contributed by atoms with Crippen LogP contribution in [0.2, 0.25) is 0 Å². The molecule has 15 heavy (non-hydrogen) atoms. The van der Waals surface area contributed by atoms with Crippen LogP contribution in [-0.2, 0) is 4.79 Å². The Labute approximate surface area is 98.2 Å². The molecule has 0 radical (unpaired) electrons. The van der Waals surface area contributed by atoms with Gasteiger partial charge in [0.05, 0.1) is 6.04 Å². The maximum atomic E-state index is 11.5. The van der Waals surface area contributed by atoms with E-state index < -0.39 is 6.04 Å². The Morgan fingerprint density at radius 1 is 1.60 bits per heavy atom. The summed E-state index contributed by atoms with van der Waals surface area (Å²) in [5.74, 6) is -0.140. The molecule has 4 heteroatoms. The third-order valence-corrected chi connectivity index (χ3v) is 3.09. The third-order valence-electron chi connectivity index (χ3n) is 2.20. The van der Waals surface area contributed by atoms with Gasteiger partial charge in [-0.15, -0.1) is 0 Å². The molecule has 0 fully saturated rings. The van der Waals surface area contributed by atoms with E-state index in [9.17, 15) is 4.79 Å². The summed E-state index contributed by atoms with van der Waals surface area (Å²) in [6.45, 7) is 3.86. The van der Waals surface area contributed by atoms with E-state index in [0.29, 0.717) is 6.42 Å². The van der Waals surface area contributed by atoms with E-state index >= 15 is 0 Å². The first-order valence-electron chi connectivity index (χ1n) is 4.87. The highest BCUT2D eigenvalue weighted by molar-refractivity contribution is 9.10. The van der Waals surface area contributed by atoms with Gasteiger partial charge in [-0.1, -0.05) is 22.9 Å². The SMILES string of the molecule is CCC(N)C(=O)Nc1ccc(Br)c(C)c1. The van der Waals surface area contributed by atoms with E-state index in [2.05, 4.69) is 21.2 Å². The maximum absolute atomic E-state index is 11.5. The number of hydrogen-bond donors (Lipinski definition) is 2. The van der Waals surface area contributed by atoms with Crippen molar-refractivity contribution >= 4 is 27.5 Å². The van der Waals surface area contributed by atoms with Crippen LogP contribution in [0.3, 0.4) is 0 Å². The standard InChI is InChI=1S/C11H15BrN2O/c1-3-10(13)11(15)14-8-4-5-9(12)7(2)6-8/h4-6,10H,3,13H2,1-2H3,(H,14,15). The predicted octanol–water partition coefficient (Wildman–Crippen LogP) is 2.43. The molecule has 0 aliphatic rings. The fourth-order valence-corrected chi connectivity index (χ4v) is 1.39. The van der Waals surface area contributed by atoms with Gasteiger partial charge in [0.15, 0.2) is 0 Å². The fraction of sp³-hybridized carbons (Fsp3) is 0.364. The Balaban J connectivity index is 2.73. The summed E-state index contributed by atoms with van der Waals surface area (Å²) in [4.78, 5) is 11.5. The molecular weight excluding hydrogens is 256 g/mol. The summed E-state index contributed by atoms with van der Waals surface area (Å²) in [6.07, 6.45) is 0.640. The van der Waals surface area contributed by atoms with Crippen molar-refractivity contribution in [3.05, 3.63) is 28.2 Å². The summed E-state index contributed by atoms with van der Waals surface area (Å²) in [6, 6.07) is 5.22. The summed E-state index contributed by atoms with van der Waals surface area (Å²) in [5, 5.41) is 2.78. The monoisotopic (exact) mass is 270 g/mol. The van der Waals surface area contributed by atoms with Gasteiger partial charge in [-0.2, -0.15) is 0 Å². The first-order valence-corrected chi connectivity index (χ1v) is 5.66. The van der Waals surface area contributed by atoms with Crippen LogP contribution in [0.15, 0.2) is 22.7 Å². The number of nitrogens with one attached hydrogen (secondary N) is 1. The molecule has 1 amide bonds. The molecule has 3 N–H and O–H groups in total. The van der Waals surface area contributed by atoms with Crippen LogP contribution in [-0.4, -0.2) is 11.9 Å². The number of halogens is 1. The summed E-state index contributed by atoms with van der Waals surface area (Å²) < 4.78 is 1.03. The van der Waals surface area contributed by atoms with Crippen molar-refractivity contribution in [2.75, 3.05) is 5.32 Å². The summed E-state index contributed by atoms with van der Waals surface area (Å²) in [5.41, 5.74) is 7.47. The van der Waals surface area contributed by atoms with E-state index in [1.165, 1.54) is 0 Å². The van der Waals surface area contributed by atoms with Gasteiger partial charge in [-0.3, -0.25) is 4.79 Å². The van der Waals surface area contributed by atoms with Crippen molar-refractivity contribution in [3.63, 3.8) is 0 Å². The summed E-state index contributed by atoms with van der Waals surface area (Å²) in [7, 11) is 0. The van der Waals surface area contributed by atoms with Crippen molar-refractivity contribution in [3.8, 4) is 0 Å². The van der Waals surface area contributed by atoms with E-state index in [0.717, 1.165) is 15.7 Å². The molecule has 1 aromatic carbocycles. The first kappa shape index (κ1) is 12.2. The van der Waals surface area contributed by atoms with Gasteiger partial charge in [0, 0.05) is 10.2 Å². The van der Waals surface area contributed by atoms with Crippen LogP contribution in [0.1, 0.15) is 18.9 Å². The van der Waals surface area contributed by atoms with E-state index in [1.807, 2.05) is 32.0 Å². The molecule has 0 aliphatic carbocycles. The highest BCUT2D eigenvalue weighted by Gasteiger charge is 2.10. The normalized spacial score (nSPS) is 12.3. The van der Waals surface area contributed by atoms with Gasteiger partial charge in [0.1, 0.15) is 0 Å². The zero-order valence-electron chi connectivity index (χ0n) is 8.88. The molecule has 1 unspecified atom stereocenters. The average Bonchev–Trinajstić information content (AvgIpc) is 2.22. The van der Waals surface area contributed by atoms with Crippen LogP contribution in [0, 0.1) is 6.92 Å². The second-order valence-corrected chi connectivity index (χ2v) is 4.32. The second-order valence-electron chi connectivity index (χ2n) is 3.47. The Hall–Kier alpha value is -0.870. The third kappa shape index (κ3) is 3.32. The van der Waals surface area contributed by atoms with E-state index in [1.54, 1.807) is 0 Å². The highest BCUT2D eigenvalue weighted by atomic mass is 79.9. The maximum Gasteiger partial charge on any atom is 0.241 e. The van der Waals surface area contributed by atoms with Crippen LogP contribution < -0.4 is 11.1 Å². The lowest BCUT2D eigenvalue weighted by Crippen LogP contribution is -2.34. The predicted molar refractivity (Wildman–Crippen MR) is 65.8 cm³/mol. The molecule has 3 nitrogen and oxygen atoms in total. The minimum Gasteiger partial charge on any atom is -0.325 e. The zero-order valence-corrected chi connectivity index (χ0v) is 10.5. The smallest absolute Gasteiger partial charge is 0.241 e. The number of hydrogen-bond acceptors (Lipinski definition) is 2. The van der Waals surface area contributed by atoms with Gasteiger partial charge in [0.25, 0.3) is 0 Å². The molecule has 1 aromatic rings. The highest BCUT2D eigenvalue weighted by Crippen LogP contribution is 2.20. The van der Waals surface area contributed by atoms with E-state index in [4.69, 9.17) is 5.73 Å². The number of carbonyl (C=O) groups is 1. The molecule has 0 saturated carbocycles. The number of nitrogens with two attached hydrogens (primary N) is 1. The summed E-state index contributed by atoms with van der Waals surface area (Å²) >= 11 is 3.40. The van der Waals surface area contributed by atoms with Crippen LogP contribution in [0.25, 0.3) is 0 Å². The number of carbonyl (C=O) groups excluding carboxylic acids is 1. The largest absolute Gasteiger partial charge is 0.325 e. The van der Waals surface area contributed by atoms with Crippen molar-refractivity contribution in [2.24, 2.45) is 5.73 Å². The molecule has 0 spiro atoms. The number of anilines is 1. The van der Waals surface area contributed by atoms with Gasteiger partial charge in [0.2, 0.25) is 5.91 Å². The molecule has 0 bridgehead atoms. The Morgan fingerprint density at radius 3 is 2.80 bits per heavy atom. The minimum atomic E-state index is -0.436. The Morgan fingerprint density at radius 2 is 2.27 bits per heavy atom. The van der Waals surface area contributed by atoms with Gasteiger partial charge in [-0.05, 0) is 37.1 Å². The number of aryl methyl sites for hydroxylation is 1. The Kier molecular flexibility index (Phi) is 4.29. The lowest BCUT2D eigenvalue weighted by molar-refractivity contribution is -0.117. The lowest BCUT2D eigenvalue weighted by atomic mass is 10.2. The van der Waals surface area contributed by atoms with Crippen molar-refractivity contribution in [1.82, 2.24) is 0 Å². The molecule has 0 aromatic heterocycles. The molecular formula is C11H15BrN2O. The molecule has 0 heterocycles. The lowest BCUT2D eigenvalue weighted by Gasteiger charge is -2.10. The Bertz CT molecular complexity index is 366. The topological polar surface area (TPSA) is 55.1 Å². The zero-order chi connectivity index (χ0) is 11.4. The van der Waals surface area contributed by atoms with Crippen LogP contribution in [0.4, 0.5) is 5.69 Å². The van der Waals surface area contributed by atoms with Gasteiger partial charge in [-0.25, -0.2) is 0 Å². The number of amides is 1. The quantitative estimate of drug-likeness (QED) is 0.887. The van der Waals surface area contributed by atoms with Crippen molar-refractivity contribution in [1.29, 1.82) is 0 Å². The molecule has 1 atom stereocenters. The van der Waals surface area contributed by atoms with Crippen LogP contribution in [0.5, 0.6) is 0 Å². The van der Waals surface area contributed by atoms with Crippen LogP contribution >= 0.6 is 15.9 Å². The van der Waals surface area contributed by atoms with Gasteiger partial charge >= 0.3 is 0 Å². The fourth-order valence-electron chi connectivity index (χ4n) is 1.14. The molecule has 0 aliphatic heterocycles. The average molecular weight is 271 g/mol. The van der Waals surface area contributed by atoms with Crippen molar-refractivity contribution < 1.29 is 4.79 Å². The van der Waals surface area contributed by atoms with E-state index in [-0.39, 0.29) is 5.91 Å². The minimum absolute atomic E-state index is 0.140. The second kappa shape index (κ2) is 5.28. The van der Waals surface area contributed by atoms with Gasteiger partial charge < -0.3 is 11.1 Å². The number of benzene rings is 1. The van der Waals surface area contributed by atoms with Crippen molar-refractivity contribution in [2.45, 2.75) is 26.3 Å². The molecule has 82 valence electrons. The number of rotatable bonds is 3. The first-order chi connectivity index (χ1) is 7.04. The molecule has 1 rings (SSSR count).